The van der Waals surface area contributed by atoms with Crippen molar-refractivity contribution in [2.45, 2.75) is 28.6 Å². The molecule has 0 aromatic carbocycles. The summed E-state index contributed by atoms with van der Waals surface area (Å²) < 4.78 is 14.3. The normalized spacial score (nSPS) is 14.9. The van der Waals surface area contributed by atoms with Crippen LogP contribution < -0.4 is 0 Å². The molecule has 0 radical (unpaired) electrons. The van der Waals surface area contributed by atoms with Crippen LogP contribution in [0, 0.1) is 3.14 Å². The maximum absolute atomic E-state index is 11.3. The molecular formula is C11H12O3S5. The van der Waals surface area contributed by atoms with Crippen LogP contribution in [0.5, 0.6) is 0 Å². The zero-order valence-electron chi connectivity index (χ0n) is 10.3. The summed E-state index contributed by atoms with van der Waals surface area (Å²) in [5, 5.41) is 0. The van der Waals surface area contributed by atoms with E-state index in [0.29, 0.717) is 18.1 Å². The molecule has 1 aliphatic rings. The van der Waals surface area contributed by atoms with E-state index in [9.17, 15) is 4.79 Å². The lowest BCUT2D eigenvalue weighted by molar-refractivity contribution is -0.109. The first-order valence-electron chi connectivity index (χ1n) is 5.61. The molecule has 0 atom stereocenters. The predicted molar refractivity (Wildman–Crippen MR) is 84.9 cm³/mol. The van der Waals surface area contributed by atoms with Crippen molar-refractivity contribution in [3.8, 4) is 0 Å². The van der Waals surface area contributed by atoms with Gasteiger partial charge in [0.05, 0.1) is 18.2 Å². The number of fused-ring (bicyclic) bond motifs is 1. The number of carbonyl (C=O) groups is 1. The highest BCUT2D eigenvalue weighted by Crippen LogP contribution is 2.52. The van der Waals surface area contributed by atoms with E-state index in [1.807, 2.05) is 13.8 Å². The summed E-state index contributed by atoms with van der Waals surface area (Å²) in [5.41, 5.74) is 0. The number of aldehydes is 1. The molecule has 0 saturated heterocycles. The summed E-state index contributed by atoms with van der Waals surface area (Å²) in [4.78, 5) is 12.8. The Balaban J connectivity index is 2.32. The Kier molecular flexibility index (Phi) is 6.07. The maximum Gasteiger partial charge on any atom is 0.191 e. The smallest absolute Gasteiger partial charge is 0.191 e. The number of carbonyl (C=O) groups excluding carboxylic acids is 1. The van der Waals surface area contributed by atoms with Gasteiger partial charge < -0.3 is 9.47 Å². The van der Waals surface area contributed by atoms with E-state index in [4.69, 9.17) is 21.7 Å². The second-order valence-corrected chi connectivity index (χ2v) is 9.17. The summed E-state index contributed by atoms with van der Waals surface area (Å²) in [5.74, 6) is 0. The molecular weight excluding hydrogens is 340 g/mol. The third-order valence-electron chi connectivity index (χ3n) is 2.12. The Morgan fingerprint density at radius 1 is 1.16 bits per heavy atom. The zero-order valence-corrected chi connectivity index (χ0v) is 14.4. The first-order chi connectivity index (χ1) is 9.19. The van der Waals surface area contributed by atoms with E-state index >= 15 is 0 Å². The average Bonchev–Trinajstić information content (AvgIpc) is 2.76. The van der Waals surface area contributed by atoms with Gasteiger partial charge in [-0.1, -0.05) is 35.7 Å². The fraction of sp³-hybridized carbons (Fsp3) is 0.455. The summed E-state index contributed by atoms with van der Waals surface area (Å²) >= 11 is 11.3. The van der Waals surface area contributed by atoms with E-state index < -0.39 is 6.29 Å². The lowest BCUT2D eigenvalue weighted by atomic mass is 10.5. The minimum Gasteiger partial charge on any atom is -0.348 e. The second-order valence-electron chi connectivity index (χ2n) is 3.32. The summed E-state index contributed by atoms with van der Waals surface area (Å²) in [6.45, 7) is 4.90. The van der Waals surface area contributed by atoms with Crippen LogP contribution in [0.4, 0.5) is 0 Å². The third-order valence-corrected chi connectivity index (χ3v) is 7.83. The molecule has 0 bridgehead atoms. The van der Waals surface area contributed by atoms with Crippen LogP contribution in [0.3, 0.4) is 0 Å². The van der Waals surface area contributed by atoms with Crippen molar-refractivity contribution >= 4 is 64.7 Å². The van der Waals surface area contributed by atoms with Crippen LogP contribution >= 0.6 is 58.4 Å². The monoisotopic (exact) mass is 352 g/mol. The Morgan fingerprint density at radius 2 is 1.74 bits per heavy atom. The van der Waals surface area contributed by atoms with E-state index in [1.54, 1.807) is 22.7 Å². The van der Waals surface area contributed by atoms with Gasteiger partial charge in [-0.05, 0) is 13.8 Å². The molecule has 0 N–H and O–H groups in total. The number of ether oxygens (including phenoxy) is 2. The lowest BCUT2D eigenvalue weighted by Crippen LogP contribution is -2.20. The molecule has 1 aromatic rings. The van der Waals surface area contributed by atoms with Crippen LogP contribution in [-0.2, 0) is 14.3 Å². The first-order valence-corrected chi connectivity index (χ1v) is 9.29. The summed E-state index contributed by atoms with van der Waals surface area (Å²) in [7, 11) is 0. The quantitative estimate of drug-likeness (QED) is 0.425. The minimum atomic E-state index is -0.471. The summed E-state index contributed by atoms with van der Waals surface area (Å²) in [6, 6.07) is 0. The number of rotatable bonds is 6. The third kappa shape index (κ3) is 3.69. The largest absolute Gasteiger partial charge is 0.348 e. The number of thioether (sulfide) groups is 2. The van der Waals surface area contributed by atoms with Crippen molar-refractivity contribution in [3.05, 3.63) is 12.9 Å². The van der Waals surface area contributed by atoms with Crippen molar-refractivity contribution in [2.75, 3.05) is 13.2 Å². The van der Waals surface area contributed by atoms with Gasteiger partial charge in [-0.2, -0.15) is 0 Å². The van der Waals surface area contributed by atoms with Gasteiger partial charge in [-0.15, -0.1) is 22.7 Å². The minimum absolute atomic E-state index is 0.471. The predicted octanol–water partition coefficient (Wildman–Crippen LogP) is 4.55. The molecule has 0 unspecified atom stereocenters. The van der Waals surface area contributed by atoms with Gasteiger partial charge >= 0.3 is 0 Å². The fourth-order valence-electron chi connectivity index (χ4n) is 1.43. The Hall–Kier alpha value is 0.300. The van der Waals surface area contributed by atoms with Crippen molar-refractivity contribution in [1.29, 1.82) is 0 Å². The molecule has 0 fully saturated rings. The van der Waals surface area contributed by atoms with Crippen LogP contribution in [0.15, 0.2) is 18.2 Å². The van der Waals surface area contributed by atoms with Crippen LogP contribution in [-0.4, -0.2) is 25.8 Å². The standard InChI is InChI=1S/C11H12O3S5/c1-3-13-8(14-4-2)7-6(5-12)16-9-10(17-7)19-11(15)18-9/h5,8H,3-4H2,1-2H3. The van der Waals surface area contributed by atoms with E-state index in [-0.39, 0.29) is 0 Å². The topological polar surface area (TPSA) is 35.5 Å². The molecule has 2 rings (SSSR count). The van der Waals surface area contributed by atoms with Crippen molar-refractivity contribution < 1.29 is 14.3 Å². The molecule has 0 saturated carbocycles. The molecule has 3 nitrogen and oxygen atoms in total. The molecule has 1 aromatic heterocycles. The molecule has 19 heavy (non-hydrogen) atoms. The maximum atomic E-state index is 11.3. The van der Waals surface area contributed by atoms with Crippen LogP contribution in [0.1, 0.15) is 13.8 Å². The van der Waals surface area contributed by atoms with Gasteiger partial charge in [0.1, 0.15) is 3.14 Å². The Labute approximate surface area is 133 Å². The van der Waals surface area contributed by atoms with Gasteiger partial charge in [-0.3, -0.25) is 4.79 Å². The van der Waals surface area contributed by atoms with Crippen LogP contribution in [0.25, 0.3) is 0 Å². The molecule has 104 valence electrons. The molecule has 0 amide bonds. The zero-order chi connectivity index (χ0) is 13.8. The molecule has 8 heteroatoms. The Morgan fingerprint density at radius 3 is 2.26 bits per heavy atom. The van der Waals surface area contributed by atoms with E-state index in [1.165, 1.54) is 23.5 Å². The van der Waals surface area contributed by atoms with Crippen molar-refractivity contribution in [2.24, 2.45) is 0 Å². The lowest BCUT2D eigenvalue weighted by Gasteiger charge is -2.23. The fourth-order valence-corrected chi connectivity index (χ4v) is 7.51. The van der Waals surface area contributed by atoms with Gasteiger partial charge in [-0.25, -0.2) is 0 Å². The SMILES string of the molecule is CCOC(OCC)C1=C(C=O)Sc2sc(=S)sc2S1. The van der Waals surface area contributed by atoms with Gasteiger partial charge in [0.25, 0.3) is 0 Å². The molecule has 0 spiro atoms. The van der Waals surface area contributed by atoms with Crippen molar-refractivity contribution in [1.82, 2.24) is 0 Å². The number of allylic oxidation sites excluding steroid dienone is 1. The highest BCUT2D eigenvalue weighted by Gasteiger charge is 2.28. The van der Waals surface area contributed by atoms with Gasteiger partial charge in [0.15, 0.2) is 12.6 Å². The van der Waals surface area contributed by atoms with E-state index in [2.05, 4.69) is 0 Å². The highest BCUT2D eigenvalue weighted by molar-refractivity contribution is 8.12. The molecule has 1 aliphatic heterocycles. The Bertz CT molecular complexity index is 539. The van der Waals surface area contributed by atoms with Gasteiger partial charge in [0, 0.05) is 13.2 Å². The molecule has 0 aliphatic carbocycles. The first kappa shape index (κ1) is 15.7. The summed E-state index contributed by atoms with van der Waals surface area (Å²) in [6.07, 6.45) is 0.399. The number of hydrogen-bond donors (Lipinski definition) is 0. The highest BCUT2D eigenvalue weighted by atomic mass is 32.2. The second kappa shape index (κ2) is 7.35. The number of hydrogen-bond acceptors (Lipinski definition) is 8. The molecule has 2 heterocycles. The van der Waals surface area contributed by atoms with Crippen LogP contribution in [0.2, 0.25) is 0 Å². The van der Waals surface area contributed by atoms with Gasteiger partial charge in [0.2, 0.25) is 0 Å². The van der Waals surface area contributed by atoms with Crippen molar-refractivity contribution in [3.63, 3.8) is 0 Å². The van der Waals surface area contributed by atoms with E-state index in [0.717, 1.165) is 22.7 Å². The average molecular weight is 353 g/mol.